The molecule has 0 bridgehead atoms. The van der Waals surface area contributed by atoms with Crippen molar-refractivity contribution in [3.8, 4) is 0 Å². The first-order chi connectivity index (χ1) is 8.29. The molecule has 1 aliphatic rings. The van der Waals surface area contributed by atoms with Gasteiger partial charge in [0.25, 0.3) is 0 Å². The van der Waals surface area contributed by atoms with Crippen LogP contribution in [0.3, 0.4) is 0 Å². The second kappa shape index (κ2) is 6.78. The Hall–Kier alpha value is -0.0300. The average Bonchev–Trinajstić information content (AvgIpc) is 2.54. The summed E-state index contributed by atoms with van der Waals surface area (Å²) in [6.07, 6.45) is 1.34. The normalized spacial score (nSPS) is 18.2. The zero-order chi connectivity index (χ0) is 12.1. The van der Waals surface area contributed by atoms with Gasteiger partial charge in [0, 0.05) is 35.1 Å². The minimum atomic E-state index is 1.00. The average molecular weight is 270 g/mol. The monoisotopic (exact) mass is 270 g/mol. The lowest BCUT2D eigenvalue weighted by Gasteiger charge is -2.19. The third kappa shape index (κ3) is 3.98. The first kappa shape index (κ1) is 13.4. The highest BCUT2D eigenvalue weighted by Gasteiger charge is 2.12. The van der Waals surface area contributed by atoms with Gasteiger partial charge in [-0.3, -0.25) is 4.90 Å². The van der Waals surface area contributed by atoms with Crippen molar-refractivity contribution >= 4 is 23.1 Å². The quantitative estimate of drug-likeness (QED) is 0.905. The predicted molar refractivity (Wildman–Crippen MR) is 79.0 cm³/mol. The summed E-state index contributed by atoms with van der Waals surface area (Å²) in [5.41, 5.74) is 1.53. The molecule has 0 radical (unpaired) electrons. The highest BCUT2D eigenvalue weighted by Crippen LogP contribution is 2.23. The molecule has 2 nitrogen and oxygen atoms in total. The molecule has 0 atom stereocenters. The lowest BCUT2D eigenvalue weighted by molar-refractivity contribution is 0.287. The Morgan fingerprint density at radius 3 is 3.06 bits per heavy atom. The molecule has 0 unspecified atom stereocenters. The van der Waals surface area contributed by atoms with Gasteiger partial charge in [-0.05, 0) is 44.3 Å². The van der Waals surface area contributed by atoms with Crippen molar-refractivity contribution < 1.29 is 0 Å². The maximum absolute atomic E-state index is 3.23. The Morgan fingerprint density at radius 2 is 2.24 bits per heavy atom. The molecule has 1 aromatic rings. The van der Waals surface area contributed by atoms with E-state index >= 15 is 0 Å². The molecule has 0 aliphatic carbocycles. The molecular formula is C13H22N2S2. The van der Waals surface area contributed by atoms with Crippen LogP contribution in [0, 0.1) is 6.92 Å². The summed E-state index contributed by atoms with van der Waals surface area (Å²) in [6, 6.07) is 2.38. The standard InChI is InChI=1S/C13H22N2S2/c1-11-12(8-13(17-11)9-14-2)10-15-4-3-6-16-7-5-15/h8,14H,3-7,9-10H2,1-2H3. The summed E-state index contributed by atoms with van der Waals surface area (Å²) in [5.74, 6) is 2.64. The van der Waals surface area contributed by atoms with Gasteiger partial charge in [-0.2, -0.15) is 11.8 Å². The largest absolute Gasteiger partial charge is 0.315 e. The first-order valence-corrected chi connectivity index (χ1v) is 8.29. The van der Waals surface area contributed by atoms with Gasteiger partial charge < -0.3 is 5.32 Å². The van der Waals surface area contributed by atoms with E-state index in [1.54, 1.807) is 0 Å². The van der Waals surface area contributed by atoms with Gasteiger partial charge in [-0.25, -0.2) is 0 Å². The van der Waals surface area contributed by atoms with Gasteiger partial charge in [0.1, 0.15) is 0 Å². The summed E-state index contributed by atoms with van der Waals surface area (Å²) in [6.45, 7) is 6.92. The van der Waals surface area contributed by atoms with Crippen molar-refractivity contribution in [1.29, 1.82) is 0 Å². The van der Waals surface area contributed by atoms with Crippen LogP contribution in [-0.2, 0) is 13.1 Å². The van der Waals surface area contributed by atoms with Crippen LogP contribution < -0.4 is 5.32 Å². The second-order valence-corrected chi connectivity index (χ2v) is 7.13. The second-order valence-electron chi connectivity index (χ2n) is 4.57. The van der Waals surface area contributed by atoms with E-state index in [1.165, 1.54) is 46.3 Å². The number of thioether (sulfide) groups is 1. The summed E-state index contributed by atoms with van der Waals surface area (Å²) in [5, 5.41) is 3.23. The molecule has 0 saturated carbocycles. The Bertz CT molecular complexity index is 341. The van der Waals surface area contributed by atoms with Crippen LogP contribution in [0.4, 0.5) is 0 Å². The Kier molecular flexibility index (Phi) is 5.35. The molecule has 1 fully saturated rings. The molecule has 0 spiro atoms. The topological polar surface area (TPSA) is 15.3 Å². The van der Waals surface area contributed by atoms with Crippen molar-refractivity contribution in [3.63, 3.8) is 0 Å². The number of thiophene rings is 1. The zero-order valence-corrected chi connectivity index (χ0v) is 12.4. The van der Waals surface area contributed by atoms with Crippen LogP contribution in [-0.4, -0.2) is 36.5 Å². The molecule has 96 valence electrons. The van der Waals surface area contributed by atoms with Crippen LogP contribution >= 0.6 is 23.1 Å². The van der Waals surface area contributed by atoms with E-state index in [2.05, 4.69) is 35.0 Å². The fraction of sp³-hybridized carbons (Fsp3) is 0.692. The van der Waals surface area contributed by atoms with Crippen LogP contribution in [0.1, 0.15) is 21.7 Å². The third-order valence-corrected chi connectivity index (χ3v) is 5.27. The molecular weight excluding hydrogens is 248 g/mol. The maximum Gasteiger partial charge on any atom is 0.0296 e. The van der Waals surface area contributed by atoms with E-state index in [4.69, 9.17) is 0 Å². The molecule has 1 aromatic heterocycles. The predicted octanol–water partition coefficient (Wildman–Crippen LogP) is 2.71. The maximum atomic E-state index is 3.23. The van der Waals surface area contributed by atoms with E-state index in [-0.39, 0.29) is 0 Å². The third-order valence-electron chi connectivity index (χ3n) is 3.13. The number of hydrogen-bond acceptors (Lipinski definition) is 4. The lowest BCUT2D eigenvalue weighted by Crippen LogP contribution is -2.25. The number of nitrogens with one attached hydrogen (secondary N) is 1. The van der Waals surface area contributed by atoms with Gasteiger partial charge in [-0.15, -0.1) is 11.3 Å². The summed E-state index contributed by atoms with van der Waals surface area (Å²) >= 11 is 4.04. The summed E-state index contributed by atoms with van der Waals surface area (Å²) in [7, 11) is 2.01. The fourth-order valence-corrected chi connectivity index (χ4v) is 4.19. The van der Waals surface area contributed by atoms with Gasteiger partial charge in [0.2, 0.25) is 0 Å². The zero-order valence-electron chi connectivity index (χ0n) is 10.8. The molecule has 17 heavy (non-hydrogen) atoms. The smallest absolute Gasteiger partial charge is 0.0296 e. The van der Waals surface area contributed by atoms with Gasteiger partial charge in [-0.1, -0.05) is 0 Å². The SMILES string of the molecule is CNCc1cc(CN2CCCSCC2)c(C)s1. The number of rotatable bonds is 4. The Morgan fingerprint density at radius 1 is 1.35 bits per heavy atom. The molecule has 1 aliphatic heterocycles. The number of nitrogens with zero attached hydrogens (tertiary/aromatic N) is 1. The first-order valence-electron chi connectivity index (χ1n) is 6.32. The molecule has 2 heterocycles. The van der Waals surface area contributed by atoms with Gasteiger partial charge in [0.15, 0.2) is 0 Å². The molecule has 0 aromatic carbocycles. The van der Waals surface area contributed by atoms with Crippen LogP contribution in [0.25, 0.3) is 0 Å². The van der Waals surface area contributed by atoms with E-state index < -0.39 is 0 Å². The van der Waals surface area contributed by atoms with E-state index in [0.717, 1.165) is 13.1 Å². The molecule has 2 rings (SSSR count). The summed E-state index contributed by atoms with van der Waals surface area (Å²) < 4.78 is 0. The van der Waals surface area contributed by atoms with Crippen LogP contribution in [0.15, 0.2) is 6.07 Å². The fourth-order valence-electron chi connectivity index (χ4n) is 2.20. The van der Waals surface area contributed by atoms with Crippen LogP contribution in [0.2, 0.25) is 0 Å². The highest BCUT2D eigenvalue weighted by atomic mass is 32.2. The molecule has 0 amide bonds. The Balaban J connectivity index is 1.96. The molecule has 1 N–H and O–H groups in total. The van der Waals surface area contributed by atoms with Crippen molar-refractivity contribution in [2.75, 3.05) is 31.6 Å². The summed E-state index contributed by atoms with van der Waals surface area (Å²) in [4.78, 5) is 5.56. The number of hydrogen-bond donors (Lipinski definition) is 1. The Labute approximate surface area is 113 Å². The van der Waals surface area contributed by atoms with Gasteiger partial charge >= 0.3 is 0 Å². The van der Waals surface area contributed by atoms with Crippen molar-refractivity contribution in [2.24, 2.45) is 0 Å². The molecule has 4 heteroatoms. The van der Waals surface area contributed by atoms with Crippen molar-refractivity contribution in [3.05, 3.63) is 21.4 Å². The van der Waals surface area contributed by atoms with Crippen LogP contribution in [0.5, 0.6) is 0 Å². The molecule has 1 saturated heterocycles. The minimum Gasteiger partial charge on any atom is -0.315 e. The lowest BCUT2D eigenvalue weighted by atomic mass is 10.2. The van der Waals surface area contributed by atoms with Crippen molar-refractivity contribution in [2.45, 2.75) is 26.4 Å². The van der Waals surface area contributed by atoms with Gasteiger partial charge in [0.05, 0.1) is 0 Å². The van der Waals surface area contributed by atoms with Crippen molar-refractivity contribution in [1.82, 2.24) is 10.2 Å². The van der Waals surface area contributed by atoms with E-state index in [0.29, 0.717) is 0 Å². The van der Waals surface area contributed by atoms with E-state index in [9.17, 15) is 0 Å². The highest BCUT2D eigenvalue weighted by molar-refractivity contribution is 7.99. The minimum absolute atomic E-state index is 1.00. The van der Waals surface area contributed by atoms with E-state index in [1.807, 2.05) is 18.4 Å². The number of aryl methyl sites for hydroxylation is 1.